The molecule has 2 rings (SSSR count). The van der Waals surface area contributed by atoms with Crippen molar-refractivity contribution in [3.05, 3.63) is 41.1 Å². The molecule has 2 aliphatic rings. The molecule has 0 unspecified atom stereocenters. The van der Waals surface area contributed by atoms with Crippen LogP contribution in [0.2, 0.25) is 0 Å². The number of halogens is 2. The molecule has 0 saturated heterocycles. The van der Waals surface area contributed by atoms with Crippen molar-refractivity contribution in [1.82, 2.24) is 0 Å². The van der Waals surface area contributed by atoms with Crippen LogP contribution in [0.1, 0.15) is 91.9 Å². The van der Waals surface area contributed by atoms with Gasteiger partial charge in [-0.05, 0) is 0 Å². The molecule has 0 spiro atoms. The van der Waals surface area contributed by atoms with Gasteiger partial charge in [-0.25, -0.2) is 0 Å². The third-order valence-corrected chi connectivity index (χ3v) is 10.6. The first-order valence-electron chi connectivity index (χ1n) is 9.84. The summed E-state index contributed by atoms with van der Waals surface area (Å²) in [6.45, 7) is 9.35. The van der Waals surface area contributed by atoms with Crippen LogP contribution in [0.5, 0.6) is 0 Å². The fourth-order valence-electron chi connectivity index (χ4n) is 3.95. The molecule has 0 amide bonds. The van der Waals surface area contributed by atoms with E-state index < -0.39 is 22.9 Å². The van der Waals surface area contributed by atoms with E-state index in [2.05, 4.69) is 39.8 Å². The molecule has 140 valence electrons. The second-order valence-corrected chi connectivity index (χ2v) is 11.7. The molecule has 2 aliphatic carbocycles. The standard InChI is InChI=1S/2C11H17.2ClH.Hf/c2*1-3-6-10-8-5-9-11(10)7-4-2;;;/h2*5H,3-4,6-8H2,1-2H3;2*1H;/q;;;;+2/p-2. The monoisotopic (exact) mass is 548 g/mol. The molecule has 0 radical (unpaired) electrons. The van der Waals surface area contributed by atoms with Crippen LogP contribution in [-0.4, -0.2) is 0 Å². The maximum Gasteiger partial charge on any atom is -1.00 e. The van der Waals surface area contributed by atoms with Gasteiger partial charge in [-0.15, -0.1) is 0 Å². The van der Waals surface area contributed by atoms with Gasteiger partial charge in [-0.2, -0.15) is 0 Å². The molecule has 0 aromatic heterocycles. The largest absolute Gasteiger partial charge is 1.00 e. The van der Waals surface area contributed by atoms with E-state index in [9.17, 15) is 0 Å². The van der Waals surface area contributed by atoms with Crippen molar-refractivity contribution in [1.29, 1.82) is 0 Å². The van der Waals surface area contributed by atoms with Crippen molar-refractivity contribution in [2.45, 2.75) is 91.9 Å². The predicted molar refractivity (Wildman–Crippen MR) is 99.1 cm³/mol. The topological polar surface area (TPSA) is 0 Å². The molecule has 0 N–H and O–H groups in total. The third-order valence-electron chi connectivity index (χ3n) is 4.98. The van der Waals surface area contributed by atoms with Crippen molar-refractivity contribution >= 4 is 0 Å². The van der Waals surface area contributed by atoms with Crippen molar-refractivity contribution in [3.63, 3.8) is 0 Å². The molecular weight excluding hydrogens is 514 g/mol. The van der Waals surface area contributed by atoms with E-state index in [-0.39, 0.29) is 24.8 Å². The Morgan fingerprint density at radius 1 is 0.640 bits per heavy atom. The van der Waals surface area contributed by atoms with Crippen LogP contribution in [0.4, 0.5) is 0 Å². The first kappa shape index (κ1) is 25.4. The van der Waals surface area contributed by atoms with E-state index in [0.29, 0.717) is 0 Å². The van der Waals surface area contributed by atoms with Gasteiger partial charge in [0.2, 0.25) is 0 Å². The molecule has 0 nitrogen and oxygen atoms in total. The van der Waals surface area contributed by atoms with Crippen LogP contribution in [-0.2, 0) is 22.9 Å². The number of allylic oxidation sites excluding steroid dienone is 8. The van der Waals surface area contributed by atoms with Crippen LogP contribution in [0.15, 0.2) is 41.1 Å². The maximum atomic E-state index is 2.63. The zero-order valence-corrected chi connectivity index (χ0v) is 21.6. The van der Waals surface area contributed by atoms with E-state index in [1.54, 1.807) is 22.3 Å². The third kappa shape index (κ3) is 6.82. The summed E-state index contributed by atoms with van der Waals surface area (Å²) in [6.07, 6.45) is 18.3. The first-order valence-corrected chi connectivity index (χ1v) is 13.4. The van der Waals surface area contributed by atoms with Gasteiger partial charge in [-0.1, -0.05) is 0 Å². The van der Waals surface area contributed by atoms with Crippen LogP contribution < -0.4 is 24.8 Å². The van der Waals surface area contributed by atoms with E-state index in [1.165, 1.54) is 64.2 Å². The van der Waals surface area contributed by atoms with Gasteiger partial charge in [0.15, 0.2) is 0 Å². The summed E-state index contributed by atoms with van der Waals surface area (Å²) in [7, 11) is 0. The van der Waals surface area contributed by atoms with E-state index in [1.807, 2.05) is 6.66 Å². The molecule has 0 saturated carbocycles. The van der Waals surface area contributed by atoms with Crippen molar-refractivity contribution in [2.24, 2.45) is 0 Å². The predicted octanol–water partition coefficient (Wildman–Crippen LogP) is 1.45. The van der Waals surface area contributed by atoms with E-state index in [4.69, 9.17) is 0 Å². The van der Waals surface area contributed by atoms with Crippen molar-refractivity contribution in [2.75, 3.05) is 0 Å². The van der Waals surface area contributed by atoms with Crippen molar-refractivity contribution in [3.8, 4) is 0 Å². The zero-order chi connectivity index (χ0) is 16.7. The van der Waals surface area contributed by atoms with Gasteiger partial charge in [0.1, 0.15) is 0 Å². The smallest absolute Gasteiger partial charge is 1.00 e. The summed E-state index contributed by atoms with van der Waals surface area (Å²) in [5.41, 5.74) is 7.17. The van der Waals surface area contributed by atoms with Crippen LogP contribution in [0.25, 0.3) is 0 Å². The van der Waals surface area contributed by atoms with Gasteiger partial charge < -0.3 is 24.8 Å². The molecule has 0 atom stereocenters. The Morgan fingerprint density at radius 3 is 1.32 bits per heavy atom. The van der Waals surface area contributed by atoms with Gasteiger partial charge >= 0.3 is 156 Å². The Hall–Kier alpha value is 0.410. The molecular formula is C22H34Cl2Hf. The number of rotatable bonds is 10. The van der Waals surface area contributed by atoms with Crippen LogP contribution >= 0.6 is 0 Å². The quantitative estimate of drug-likeness (QED) is 0.363. The Bertz CT molecular complexity index is 490. The number of hydrogen-bond acceptors (Lipinski definition) is 0. The van der Waals surface area contributed by atoms with Crippen LogP contribution in [0.3, 0.4) is 0 Å². The SMILES string of the molecule is CCCC1=C(CCC)[C]([Hf+2][C]2=CCC(CCC)=C2CCC)=CC1.[Cl-].[Cl-]. The molecule has 0 heterocycles. The van der Waals surface area contributed by atoms with E-state index >= 15 is 0 Å². The fourth-order valence-corrected chi connectivity index (χ4v) is 9.72. The molecule has 0 aromatic carbocycles. The van der Waals surface area contributed by atoms with Gasteiger partial charge in [0.25, 0.3) is 0 Å². The summed E-state index contributed by atoms with van der Waals surface area (Å²) in [6, 6.07) is 0. The molecule has 0 aliphatic heterocycles. The van der Waals surface area contributed by atoms with Gasteiger partial charge in [-0.3, -0.25) is 0 Å². The molecule has 25 heavy (non-hydrogen) atoms. The van der Waals surface area contributed by atoms with Crippen LogP contribution in [0, 0.1) is 0 Å². The molecule has 0 aromatic rings. The molecule has 3 heteroatoms. The first-order chi connectivity index (χ1) is 11.2. The van der Waals surface area contributed by atoms with Crippen molar-refractivity contribution < 1.29 is 47.7 Å². The minimum Gasteiger partial charge on any atom is -1.00 e. The minimum atomic E-state index is -0.847. The average molecular weight is 548 g/mol. The van der Waals surface area contributed by atoms with E-state index in [0.717, 1.165) is 0 Å². The normalized spacial score (nSPS) is 16.3. The summed E-state index contributed by atoms with van der Waals surface area (Å²) in [5, 5.41) is 0. The summed E-state index contributed by atoms with van der Waals surface area (Å²) >= 11 is -0.847. The average Bonchev–Trinajstić information content (AvgIpc) is 3.09. The van der Waals surface area contributed by atoms with Gasteiger partial charge in [0.05, 0.1) is 0 Å². The zero-order valence-electron chi connectivity index (χ0n) is 16.5. The summed E-state index contributed by atoms with van der Waals surface area (Å²) < 4.78 is 3.71. The summed E-state index contributed by atoms with van der Waals surface area (Å²) in [5.74, 6) is 0. The second-order valence-electron chi connectivity index (χ2n) is 6.93. The Morgan fingerprint density at radius 2 is 1.00 bits per heavy atom. The Labute approximate surface area is 179 Å². The minimum absolute atomic E-state index is 0. The Balaban J connectivity index is 0.00000288. The van der Waals surface area contributed by atoms with Gasteiger partial charge in [0, 0.05) is 0 Å². The maximum absolute atomic E-state index is 2.63. The summed E-state index contributed by atoms with van der Waals surface area (Å²) in [4.78, 5) is 0. The Kier molecular flexibility index (Phi) is 13.8. The molecule has 0 bridgehead atoms. The number of hydrogen-bond donors (Lipinski definition) is 0. The fraction of sp³-hybridized carbons (Fsp3) is 0.636. The molecule has 0 fully saturated rings. The second kappa shape index (κ2) is 13.6.